The van der Waals surface area contributed by atoms with Crippen molar-refractivity contribution in [2.45, 2.75) is 26.3 Å². The van der Waals surface area contributed by atoms with E-state index in [0.717, 1.165) is 17.4 Å². The molecule has 2 aromatic carbocycles. The summed E-state index contributed by atoms with van der Waals surface area (Å²) in [4.78, 5) is 0. The third kappa shape index (κ3) is 4.15. The summed E-state index contributed by atoms with van der Waals surface area (Å²) < 4.78 is 14.7. The first-order valence-corrected chi connectivity index (χ1v) is 7.59. The molecule has 0 saturated heterocycles. The van der Waals surface area contributed by atoms with Crippen molar-refractivity contribution >= 4 is 15.9 Å². The molecule has 0 bridgehead atoms. The summed E-state index contributed by atoms with van der Waals surface area (Å²) in [6.45, 7) is 4.91. The van der Waals surface area contributed by atoms with Crippen LogP contribution in [-0.4, -0.2) is 6.54 Å². The number of aryl methyl sites for hydroxylation is 1. The van der Waals surface area contributed by atoms with Crippen molar-refractivity contribution in [3.05, 3.63) is 69.4 Å². The molecule has 1 unspecified atom stereocenters. The maximum atomic E-state index is 13.8. The molecule has 0 heterocycles. The average molecular weight is 336 g/mol. The highest BCUT2D eigenvalue weighted by Crippen LogP contribution is 2.21. The van der Waals surface area contributed by atoms with E-state index in [9.17, 15) is 4.39 Å². The number of halogens is 2. The molecule has 0 aromatic heterocycles. The Kier molecular flexibility index (Phi) is 5.32. The van der Waals surface area contributed by atoms with Crippen LogP contribution in [0.15, 0.2) is 46.9 Å². The summed E-state index contributed by atoms with van der Waals surface area (Å²) in [5.41, 5.74) is 3.27. The van der Waals surface area contributed by atoms with Crippen LogP contribution in [-0.2, 0) is 6.42 Å². The van der Waals surface area contributed by atoms with Crippen molar-refractivity contribution in [1.82, 2.24) is 5.32 Å². The fraction of sp³-hybridized carbons (Fsp3) is 0.294. The molecule has 0 aliphatic heterocycles. The lowest BCUT2D eigenvalue weighted by atomic mass is 10.1. The van der Waals surface area contributed by atoms with Gasteiger partial charge >= 0.3 is 0 Å². The third-order valence-corrected chi connectivity index (χ3v) is 3.86. The largest absolute Gasteiger partial charge is 0.310 e. The van der Waals surface area contributed by atoms with Crippen molar-refractivity contribution in [3.63, 3.8) is 0 Å². The number of hydrogen-bond acceptors (Lipinski definition) is 1. The third-order valence-electron chi connectivity index (χ3n) is 3.37. The molecule has 0 aliphatic carbocycles. The number of hydrogen-bond donors (Lipinski definition) is 1. The van der Waals surface area contributed by atoms with Crippen LogP contribution in [0.1, 0.15) is 29.7 Å². The minimum atomic E-state index is -0.163. The minimum absolute atomic E-state index is 0.00249. The van der Waals surface area contributed by atoms with Crippen molar-refractivity contribution in [3.8, 4) is 0 Å². The van der Waals surface area contributed by atoms with Gasteiger partial charge in [0, 0.05) is 16.1 Å². The molecule has 106 valence electrons. The van der Waals surface area contributed by atoms with E-state index in [4.69, 9.17) is 0 Å². The van der Waals surface area contributed by atoms with Gasteiger partial charge in [-0.05, 0) is 50.6 Å². The van der Waals surface area contributed by atoms with Crippen LogP contribution in [0.2, 0.25) is 0 Å². The zero-order valence-corrected chi connectivity index (χ0v) is 13.4. The summed E-state index contributed by atoms with van der Waals surface area (Å²) in [5.74, 6) is -0.163. The lowest BCUT2D eigenvalue weighted by molar-refractivity contribution is 0.530. The second-order valence-electron chi connectivity index (χ2n) is 5.08. The predicted octanol–water partition coefficient (Wildman–Crippen LogP) is 4.79. The molecule has 2 rings (SSSR count). The highest BCUT2D eigenvalue weighted by molar-refractivity contribution is 9.10. The van der Waals surface area contributed by atoms with E-state index in [-0.39, 0.29) is 11.9 Å². The molecule has 20 heavy (non-hydrogen) atoms. The van der Waals surface area contributed by atoms with Gasteiger partial charge in [-0.2, -0.15) is 0 Å². The van der Waals surface area contributed by atoms with E-state index in [1.165, 1.54) is 17.2 Å². The first-order chi connectivity index (χ1) is 9.56. The Bertz CT molecular complexity index is 583. The van der Waals surface area contributed by atoms with Crippen molar-refractivity contribution < 1.29 is 4.39 Å². The highest BCUT2D eigenvalue weighted by Gasteiger charge is 2.10. The van der Waals surface area contributed by atoms with Gasteiger partial charge in [-0.25, -0.2) is 4.39 Å². The molecule has 1 atom stereocenters. The standard InChI is InChI=1S/C17H19BrFN/c1-12-4-3-5-14(10-12)8-9-20-13(2)16-11-15(18)6-7-17(16)19/h3-7,10-11,13,20H,8-9H2,1-2H3. The van der Waals surface area contributed by atoms with Crippen LogP contribution in [0, 0.1) is 12.7 Å². The average Bonchev–Trinajstić information content (AvgIpc) is 2.41. The molecule has 3 heteroatoms. The molecule has 0 spiro atoms. The normalized spacial score (nSPS) is 12.4. The van der Waals surface area contributed by atoms with E-state index in [1.807, 2.05) is 13.0 Å². The Morgan fingerprint density at radius 2 is 2.00 bits per heavy atom. The summed E-state index contributed by atoms with van der Waals surface area (Å²) in [6.07, 6.45) is 0.946. The molecule has 0 amide bonds. The Labute approximate surface area is 128 Å². The van der Waals surface area contributed by atoms with E-state index in [2.05, 4.69) is 52.4 Å². The van der Waals surface area contributed by atoms with Crippen LogP contribution in [0.3, 0.4) is 0 Å². The molecule has 0 fully saturated rings. The maximum absolute atomic E-state index is 13.8. The van der Waals surface area contributed by atoms with E-state index in [0.29, 0.717) is 5.56 Å². The van der Waals surface area contributed by atoms with Gasteiger partial charge in [-0.1, -0.05) is 45.8 Å². The summed E-state index contributed by atoms with van der Waals surface area (Å²) in [7, 11) is 0. The summed E-state index contributed by atoms with van der Waals surface area (Å²) in [5, 5.41) is 3.37. The summed E-state index contributed by atoms with van der Waals surface area (Å²) >= 11 is 3.38. The fourth-order valence-electron chi connectivity index (χ4n) is 2.26. The van der Waals surface area contributed by atoms with Crippen LogP contribution in [0.5, 0.6) is 0 Å². The fourth-order valence-corrected chi connectivity index (χ4v) is 2.64. The minimum Gasteiger partial charge on any atom is -0.310 e. The zero-order valence-electron chi connectivity index (χ0n) is 11.8. The van der Waals surface area contributed by atoms with Crippen LogP contribution < -0.4 is 5.32 Å². The van der Waals surface area contributed by atoms with Crippen molar-refractivity contribution in [2.24, 2.45) is 0 Å². The molecule has 1 nitrogen and oxygen atoms in total. The smallest absolute Gasteiger partial charge is 0.128 e. The molecule has 0 saturated carbocycles. The van der Waals surface area contributed by atoms with Gasteiger partial charge in [0.25, 0.3) is 0 Å². The van der Waals surface area contributed by atoms with Crippen LogP contribution in [0.4, 0.5) is 4.39 Å². The highest BCUT2D eigenvalue weighted by atomic mass is 79.9. The molecular weight excluding hydrogens is 317 g/mol. The predicted molar refractivity (Wildman–Crippen MR) is 85.4 cm³/mol. The Morgan fingerprint density at radius 1 is 1.20 bits per heavy atom. The SMILES string of the molecule is Cc1cccc(CCNC(C)c2cc(Br)ccc2F)c1. The van der Waals surface area contributed by atoms with E-state index < -0.39 is 0 Å². The van der Waals surface area contributed by atoms with Crippen molar-refractivity contribution in [1.29, 1.82) is 0 Å². The van der Waals surface area contributed by atoms with Gasteiger partial charge < -0.3 is 5.32 Å². The lowest BCUT2D eigenvalue weighted by Gasteiger charge is -2.15. The summed E-state index contributed by atoms with van der Waals surface area (Å²) in [6, 6.07) is 13.5. The van der Waals surface area contributed by atoms with E-state index >= 15 is 0 Å². The van der Waals surface area contributed by atoms with Crippen LogP contribution >= 0.6 is 15.9 Å². The zero-order chi connectivity index (χ0) is 14.5. The van der Waals surface area contributed by atoms with Crippen LogP contribution in [0.25, 0.3) is 0 Å². The number of nitrogens with one attached hydrogen (secondary N) is 1. The topological polar surface area (TPSA) is 12.0 Å². The molecule has 1 N–H and O–H groups in total. The molecule has 0 aliphatic rings. The maximum Gasteiger partial charge on any atom is 0.128 e. The van der Waals surface area contributed by atoms with Gasteiger partial charge in [0.05, 0.1) is 0 Å². The first kappa shape index (κ1) is 15.2. The van der Waals surface area contributed by atoms with Crippen molar-refractivity contribution in [2.75, 3.05) is 6.54 Å². The van der Waals surface area contributed by atoms with Gasteiger partial charge in [0.15, 0.2) is 0 Å². The van der Waals surface area contributed by atoms with Gasteiger partial charge in [-0.15, -0.1) is 0 Å². The quantitative estimate of drug-likeness (QED) is 0.828. The van der Waals surface area contributed by atoms with E-state index in [1.54, 1.807) is 6.07 Å². The Hall–Kier alpha value is -1.19. The number of rotatable bonds is 5. The number of benzene rings is 2. The lowest BCUT2D eigenvalue weighted by Crippen LogP contribution is -2.22. The molecular formula is C17H19BrFN. The second kappa shape index (κ2) is 7.00. The van der Waals surface area contributed by atoms with Gasteiger partial charge in [0.2, 0.25) is 0 Å². The Balaban J connectivity index is 1.92. The first-order valence-electron chi connectivity index (χ1n) is 6.80. The second-order valence-corrected chi connectivity index (χ2v) is 6.00. The Morgan fingerprint density at radius 3 is 2.75 bits per heavy atom. The monoisotopic (exact) mass is 335 g/mol. The molecule has 2 aromatic rings. The molecule has 0 radical (unpaired) electrons. The van der Waals surface area contributed by atoms with Gasteiger partial charge in [-0.3, -0.25) is 0 Å². The van der Waals surface area contributed by atoms with Gasteiger partial charge in [0.1, 0.15) is 5.82 Å².